The lowest BCUT2D eigenvalue weighted by Crippen LogP contribution is -2.53. The van der Waals surface area contributed by atoms with Crippen molar-refractivity contribution in [3.63, 3.8) is 0 Å². The van der Waals surface area contributed by atoms with Gasteiger partial charge in [-0.2, -0.15) is 26.3 Å². The minimum Gasteiger partial charge on any atom is -0.378 e. The van der Waals surface area contributed by atoms with Gasteiger partial charge in [0.1, 0.15) is 0 Å². The Bertz CT molecular complexity index is 1160. The van der Waals surface area contributed by atoms with Gasteiger partial charge in [-0.05, 0) is 43.2 Å². The fourth-order valence-electron chi connectivity index (χ4n) is 3.98. The molecular weight excluding hydrogens is 518 g/mol. The first-order valence-corrected chi connectivity index (χ1v) is 10.5. The molecule has 0 amide bonds. The molecule has 2 heterocycles. The van der Waals surface area contributed by atoms with Crippen LogP contribution in [0.15, 0.2) is 46.9 Å². The first-order valence-electron chi connectivity index (χ1n) is 9.75. The largest absolute Gasteiger partial charge is 0.430 e. The maximum absolute atomic E-state index is 13.1. The van der Waals surface area contributed by atoms with Crippen molar-refractivity contribution in [2.75, 3.05) is 5.32 Å². The van der Waals surface area contributed by atoms with Crippen molar-refractivity contribution < 1.29 is 31.4 Å². The molecule has 2 N–H and O–H groups in total. The van der Waals surface area contributed by atoms with Gasteiger partial charge in [0.25, 0.3) is 5.60 Å². The zero-order valence-electron chi connectivity index (χ0n) is 17.0. The smallest absolute Gasteiger partial charge is 0.378 e. The van der Waals surface area contributed by atoms with Gasteiger partial charge in [-0.15, -0.1) is 5.10 Å². The van der Waals surface area contributed by atoms with Gasteiger partial charge in [-0.1, -0.05) is 39.3 Å². The molecule has 33 heavy (non-hydrogen) atoms. The number of nitrogens with one attached hydrogen (secondary N) is 1. The first kappa shape index (κ1) is 23.6. The van der Waals surface area contributed by atoms with E-state index in [0.29, 0.717) is 30.8 Å². The number of aryl methyl sites for hydroxylation is 2. The Morgan fingerprint density at radius 2 is 1.67 bits per heavy atom. The van der Waals surface area contributed by atoms with Gasteiger partial charge in [0.15, 0.2) is 0 Å². The Morgan fingerprint density at radius 3 is 2.27 bits per heavy atom. The normalized spacial score (nSPS) is 16.7. The first-order chi connectivity index (χ1) is 15.3. The van der Waals surface area contributed by atoms with Gasteiger partial charge in [0.2, 0.25) is 0 Å². The Kier molecular flexibility index (Phi) is 5.72. The zero-order chi connectivity index (χ0) is 24.2. The Morgan fingerprint density at radius 1 is 1.03 bits per heavy atom. The van der Waals surface area contributed by atoms with Gasteiger partial charge >= 0.3 is 12.4 Å². The van der Waals surface area contributed by atoms with Crippen LogP contribution in [0, 0.1) is 6.92 Å². The molecule has 1 aliphatic heterocycles. The van der Waals surface area contributed by atoms with Gasteiger partial charge in [0.05, 0.1) is 17.4 Å². The summed E-state index contributed by atoms with van der Waals surface area (Å²) in [5.74, 6) is 0. The molecule has 0 aliphatic carbocycles. The number of fused-ring (bicyclic) bond motifs is 3. The van der Waals surface area contributed by atoms with E-state index in [1.807, 2.05) is 25.1 Å². The molecular formula is C21H17BrF6N4O. The predicted octanol–water partition coefficient (Wildman–Crippen LogP) is 5.89. The van der Waals surface area contributed by atoms with Crippen LogP contribution in [0.4, 0.5) is 32.0 Å². The van der Waals surface area contributed by atoms with Crippen LogP contribution >= 0.6 is 15.9 Å². The number of aliphatic hydroxyl groups is 1. The molecule has 0 bridgehead atoms. The number of anilines is 1. The summed E-state index contributed by atoms with van der Waals surface area (Å²) in [6, 6.07) is 8.78. The summed E-state index contributed by atoms with van der Waals surface area (Å²) in [7, 11) is 0. The minimum absolute atomic E-state index is 0.302. The van der Waals surface area contributed by atoms with E-state index in [-0.39, 0.29) is 6.04 Å². The second kappa shape index (κ2) is 8.01. The maximum Gasteiger partial charge on any atom is 0.430 e. The average molecular weight is 535 g/mol. The van der Waals surface area contributed by atoms with Crippen LogP contribution < -0.4 is 5.32 Å². The molecule has 0 saturated heterocycles. The summed E-state index contributed by atoms with van der Waals surface area (Å²) in [4.78, 5) is 0. The Hall–Kier alpha value is -2.60. The lowest BCUT2D eigenvalue weighted by molar-refractivity contribution is -0.376. The highest BCUT2D eigenvalue weighted by Crippen LogP contribution is 2.50. The van der Waals surface area contributed by atoms with E-state index in [9.17, 15) is 31.4 Å². The van der Waals surface area contributed by atoms with Gasteiger partial charge in [-0.25, -0.2) is 4.68 Å². The van der Waals surface area contributed by atoms with Crippen LogP contribution in [0.25, 0.3) is 11.3 Å². The summed E-state index contributed by atoms with van der Waals surface area (Å²) < 4.78 is 81.4. The summed E-state index contributed by atoms with van der Waals surface area (Å²) in [5, 5.41) is 21.0. The summed E-state index contributed by atoms with van der Waals surface area (Å²) >= 11 is 3.44. The Labute approximate surface area is 192 Å². The molecule has 3 aromatic rings. The molecule has 0 fully saturated rings. The van der Waals surface area contributed by atoms with Gasteiger partial charge in [0, 0.05) is 27.8 Å². The number of alkyl halides is 6. The van der Waals surface area contributed by atoms with E-state index >= 15 is 0 Å². The number of halogens is 7. The van der Waals surface area contributed by atoms with E-state index in [1.54, 1.807) is 4.68 Å². The average Bonchev–Trinajstić information content (AvgIpc) is 3.02. The number of nitrogens with zero attached hydrogens (tertiary/aromatic N) is 3. The predicted molar refractivity (Wildman–Crippen MR) is 111 cm³/mol. The van der Waals surface area contributed by atoms with E-state index in [0.717, 1.165) is 39.1 Å². The lowest BCUT2D eigenvalue weighted by Gasteiger charge is -2.32. The van der Waals surface area contributed by atoms with E-state index in [4.69, 9.17) is 0 Å². The number of hydrogen-bond donors (Lipinski definition) is 2. The highest BCUT2D eigenvalue weighted by Gasteiger charge is 2.71. The highest BCUT2D eigenvalue weighted by atomic mass is 79.9. The van der Waals surface area contributed by atoms with Crippen molar-refractivity contribution in [1.29, 1.82) is 0 Å². The van der Waals surface area contributed by atoms with E-state index < -0.39 is 23.5 Å². The van der Waals surface area contributed by atoms with Crippen molar-refractivity contribution in [2.24, 2.45) is 0 Å². The molecule has 2 aromatic carbocycles. The van der Waals surface area contributed by atoms with E-state index in [1.165, 1.54) is 0 Å². The summed E-state index contributed by atoms with van der Waals surface area (Å²) in [6.07, 6.45) is -11.3. The minimum atomic E-state index is -5.93. The molecule has 12 heteroatoms. The molecule has 1 atom stereocenters. The van der Waals surface area contributed by atoms with Crippen molar-refractivity contribution in [1.82, 2.24) is 15.0 Å². The van der Waals surface area contributed by atoms with Gasteiger partial charge in [-0.3, -0.25) is 0 Å². The number of hydrogen-bond acceptors (Lipinski definition) is 4. The highest BCUT2D eigenvalue weighted by molar-refractivity contribution is 9.10. The number of rotatable bonds is 3. The van der Waals surface area contributed by atoms with Crippen LogP contribution in [-0.2, 0) is 12.1 Å². The third-order valence-corrected chi connectivity index (χ3v) is 6.13. The third kappa shape index (κ3) is 3.99. The van der Waals surface area contributed by atoms with Crippen LogP contribution in [-0.4, -0.2) is 32.5 Å². The number of benzene rings is 2. The Balaban J connectivity index is 1.68. The standard InChI is InChI=1S/C21H17BrF6N4O/c1-11-18-15-7-4-13(22)10-16(15)17(8-9-32(18)31-30-11)29-14-5-2-12(3-6-14)19(33,20(23,24)25)21(26,27)28/h2-7,10,17,29,33H,8-9H2,1H3. The molecule has 0 spiro atoms. The van der Waals surface area contributed by atoms with Crippen molar-refractivity contribution in [3.8, 4) is 11.3 Å². The molecule has 4 rings (SSSR count). The molecule has 5 nitrogen and oxygen atoms in total. The molecule has 1 unspecified atom stereocenters. The number of aromatic nitrogens is 3. The molecule has 0 saturated carbocycles. The maximum atomic E-state index is 13.1. The fourth-order valence-corrected chi connectivity index (χ4v) is 4.36. The SMILES string of the molecule is Cc1nnn2c1-c1ccc(Br)cc1C(Nc1ccc(C(O)(C(F)(F)F)C(F)(F)F)cc1)CC2. The second-order valence-electron chi connectivity index (χ2n) is 7.75. The quantitative estimate of drug-likeness (QED) is 0.411. The zero-order valence-corrected chi connectivity index (χ0v) is 18.6. The van der Waals surface area contributed by atoms with Crippen LogP contribution in [0.3, 0.4) is 0 Å². The van der Waals surface area contributed by atoms with Crippen molar-refractivity contribution in [3.05, 3.63) is 63.8 Å². The van der Waals surface area contributed by atoms with Crippen molar-refractivity contribution >= 4 is 21.6 Å². The third-order valence-electron chi connectivity index (χ3n) is 5.64. The van der Waals surface area contributed by atoms with Crippen LogP contribution in [0.5, 0.6) is 0 Å². The molecule has 1 aliphatic rings. The van der Waals surface area contributed by atoms with Gasteiger partial charge < -0.3 is 10.4 Å². The topological polar surface area (TPSA) is 63.0 Å². The summed E-state index contributed by atoms with van der Waals surface area (Å²) in [5.41, 5.74) is -2.64. The lowest BCUT2D eigenvalue weighted by atomic mass is 9.92. The monoisotopic (exact) mass is 534 g/mol. The van der Waals surface area contributed by atoms with E-state index in [2.05, 4.69) is 31.6 Å². The summed E-state index contributed by atoms with van der Waals surface area (Å²) in [6.45, 7) is 2.33. The molecule has 1 aromatic heterocycles. The molecule has 176 valence electrons. The molecule has 0 radical (unpaired) electrons. The fraction of sp³-hybridized carbons (Fsp3) is 0.333. The second-order valence-corrected chi connectivity index (χ2v) is 8.66. The van der Waals surface area contributed by atoms with Crippen LogP contribution in [0.2, 0.25) is 0 Å². The van der Waals surface area contributed by atoms with Crippen molar-refractivity contribution in [2.45, 2.75) is 43.9 Å². The van der Waals surface area contributed by atoms with Crippen LogP contribution in [0.1, 0.15) is 29.3 Å².